The van der Waals surface area contributed by atoms with Crippen LogP contribution in [0.25, 0.3) is 5.57 Å². The predicted octanol–water partition coefficient (Wildman–Crippen LogP) is 4.08. The minimum atomic E-state index is -3.36. The van der Waals surface area contributed by atoms with E-state index in [0.717, 1.165) is 5.69 Å². The molecule has 0 bridgehead atoms. The van der Waals surface area contributed by atoms with Gasteiger partial charge in [-0.15, -0.1) is 0 Å². The highest BCUT2D eigenvalue weighted by Crippen LogP contribution is 2.36. The summed E-state index contributed by atoms with van der Waals surface area (Å²) < 4.78 is 52.4. The van der Waals surface area contributed by atoms with Crippen LogP contribution in [-0.2, 0) is 21.1 Å². The van der Waals surface area contributed by atoms with Crippen LogP contribution in [0.5, 0.6) is 0 Å². The lowest BCUT2D eigenvalue weighted by Gasteiger charge is -2.12. The zero-order chi connectivity index (χ0) is 22.9. The first-order chi connectivity index (χ1) is 15.3. The van der Waals surface area contributed by atoms with E-state index in [1.807, 2.05) is 6.92 Å². The Bertz CT molecular complexity index is 1100. The van der Waals surface area contributed by atoms with Crippen molar-refractivity contribution in [2.45, 2.75) is 61.5 Å². The minimum Gasteiger partial charge on any atom is -0.305 e. The van der Waals surface area contributed by atoms with Crippen LogP contribution in [0.4, 0.5) is 14.6 Å². The molecule has 6 nitrogen and oxygen atoms in total. The van der Waals surface area contributed by atoms with Gasteiger partial charge in [0.05, 0.1) is 28.2 Å². The summed E-state index contributed by atoms with van der Waals surface area (Å²) in [5, 5.41) is 2.34. The summed E-state index contributed by atoms with van der Waals surface area (Å²) in [5.41, 5.74) is 1.46. The maximum atomic E-state index is 13.7. The third-order valence-electron chi connectivity index (χ3n) is 5.86. The summed E-state index contributed by atoms with van der Waals surface area (Å²) in [7, 11) is -3.36. The van der Waals surface area contributed by atoms with E-state index in [1.165, 1.54) is 18.3 Å². The predicted molar refractivity (Wildman–Crippen MR) is 117 cm³/mol. The molecule has 1 amide bonds. The minimum absolute atomic E-state index is 0.00288. The van der Waals surface area contributed by atoms with Gasteiger partial charge in [-0.05, 0) is 55.7 Å². The molecule has 0 spiro atoms. The second-order valence-corrected chi connectivity index (χ2v) is 10.5. The van der Waals surface area contributed by atoms with Crippen LogP contribution >= 0.6 is 0 Å². The molecule has 9 heteroatoms. The van der Waals surface area contributed by atoms with Crippen molar-refractivity contribution in [3.63, 3.8) is 0 Å². The van der Waals surface area contributed by atoms with Crippen LogP contribution in [-0.4, -0.2) is 41.9 Å². The second kappa shape index (κ2) is 9.05. The van der Waals surface area contributed by atoms with Gasteiger partial charge in [-0.25, -0.2) is 22.2 Å². The summed E-state index contributed by atoms with van der Waals surface area (Å²) >= 11 is 0. The summed E-state index contributed by atoms with van der Waals surface area (Å²) in [5.74, 6) is -0.688. The molecule has 32 heavy (non-hydrogen) atoms. The third-order valence-corrected chi connectivity index (χ3v) is 8.14. The molecule has 2 aromatic rings. The number of amides is 1. The molecule has 170 valence electrons. The monoisotopic (exact) mass is 461 g/mol. The zero-order valence-corrected chi connectivity index (χ0v) is 18.5. The Morgan fingerprint density at radius 3 is 2.28 bits per heavy atom. The summed E-state index contributed by atoms with van der Waals surface area (Å²) in [6.45, 7) is 1.94. The number of rotatable bonds is 7. The van der Waals surface area contributed by atoms with Crippen LogP contribution in [0.15, 0.2) is 47.6 Å². The van der Waals surface area contributed by atoms with Crippen molar-refractivity contribution >= 4 is 27.1 Å². The number of hydrogen-bond acceptors (Lipinski definition) is 5. The van der Waals surface area contributed by atoms with Crippen molar-refractivity contribution in [2.24, 2.45) is 5.92 Å². The van der Waals surface area contributed by atoms with Crippen molar-refractivity contribution in [3.05, 3.63) is 54.0 Å². The number of anilines is 1. The lowest BCUT2D eigenvalue weighted by atomic mass is 9.98. The first-order valence-electron chi connectivity index (χ1n) is 10.7. The van der Waals surface area contributed by atoms with Gasteiger partial charge in [0.1, 0.15) is 12.3 Å². The van der Waals surface area contributed by atoms with Gasteiger partial charge < -0.3 is 5.32 Å². The number of halogens is 2. The SMILES string of the molecule is CCc1cnc(NC(=O)C(=CC2C[C@@H](F)[C@@H](F)C2)c2ccc(S(=O)(=O)C3CC3)cc2)cn1. The molecule has 1 unspecified atom stereocenters. The van der Waals surface area contributed by atoms with E-state index in [4.69, 9.17) is 0 Å². The van der Waals surface area contributed by atoms with Crippen LogP contribution < -0.4 is 5.32 Å². The number of benzene rings is 1. The lowest BCUT2D eigenvalue weighted by molar-refractivity contribution is -0.111. The molecule has 2 aliphatic carbocycles. The van der Waals surface area contributed by atoms with E-state index < -0.39 is 34.0 Å². The lowest BCUT2D eigenvalue weighted by Crippen LogP contribution is -2.16. The van der Waals surface area contributed by atoms with Crippen molar-refractivity contribution in [2.75, 3.05) is 5.32 Å². The highest BCUT2D eigenvalue weighted by atomic mass is 32.2. The van der Waals surface area contributed by atoms with Crippen LogP contribution in [0.2, 0.25) is 0 Å². The molecule has 0 saturated heterocycles. The molecule has 1 aromatic carbocycles. The summed E-state index contributed by atoms with van der Waals surface area (Å²) in [4.78, 5) is 21.6. The Morgan fingerprint density at radius 2 is 1.75 bits per heavy atom. The van der Waals surface area contributed by atoms with Crippen molar-refractivity contribution in [1.29, 1.82) is 0 Å². The fraction of sp³-hybridized carbons (Fsp3) is 0.435. The number of sulfone groups is 1. The van der Waals surface area contributed by atoms with Gasteiger partial charge in [0.2, 0.25) is 0 Å². The Hall–Kier alpha value is -2.68. The topological polar surface area (TPSA) is 89.0 Å². The van der Waals surface area contributed by atoms with Gasteiger partial charge in [0.15, 0.2) is 15.7 Å². The maximum absolute atomic E-state index is 13.7. The van der Waals surface area contributed by atoms with Crippen LogP contribution in [0.3, 0.4) is 0 Å². The molecule has 1 aromatic heterocycles. The molecule has 4 rings (SSSR count). The van der Waals surface area contributed by atoms with E-state index in [2.05, 4.69) is 15.3 Å². The number of hydrogen-bond donors (Lipinski definition) is 1. The highest BCUT2D eigenvalue weighted by molar-refractivity contribution is 7.92. The molecular weight excluding hydrogens is 436 g/mol. The average molecular weight is 462 g/mol. The molecule has 0 aliphatic heterocycles. The molecular formula is C23H25F2N3O3S. The Kier molecular flexibility index (Phi) is 6.37. The number of carbonyl (C=O) groups is 1. The Balaban J connectivity index is 1.62. The van der Waals surface area contributed by atoms with Gasteiger partial charge in [0, 0.05) is 5.57 Å². The van der Waals surface area contributed by atoms with E-state index >= 15 is 0 Å². The Morgan fingerprint density at radius 1 is 1.09 bits per heavy atom. The van der Waals surface area contributed by atoms with Gasteiger partial charge in [-0.1, -0.05) is 25.1 Å². The molecule has 1 N–H and O–H groups in total. The van der Waals surface area contributed by atoms with Gasteiger partial charge >= 0.3 is 0 Å². The zero-order valence-electron chi connectivity index (χ0n) is 17.7. The molecule has 0 radical (unpaired) electrons. The van der Waals surface area contributed by atoms with Crippen molar-refractivity contribution in [3.8, 4) is 0 Å². The van der Waals surface area contributed by atoms with Crippen molar-refractivity contribution in [1.82, 2.24) is 9.97 Å². The molecule has 2 aliphatic rings. The smallest absolute Gasteiger partial charge is 0.257 e. The number of alkyl halides is 2. The van der Waals surface area contributed by atoms with E-state index in [9.17, 15) is 22.0 Å². The quantitative estimate of drug-likeness (QED) is 0.628. The number of allylic oxidation sites excluding steroid dienone is 1. The fourth-order valence-electron chi connectivity index (χ4n) is 3.83. The van der Waals surface area contributed by atoms with Gasteiger partial charge in [-0.3, -0.25) is 9.78 Å². The number of aryl methyl sites for hydroxylation is 1. The molecule has 2 saturated carbocycles. The average Bonchev–Trinajstić information content (AvgIpc) is 3.59. The summed E-state index contributed by atoms with van der Waals surface area (Å²) in [6.07, 6.45) is 3.49. The highest BCUT2D eigenvalue weighted by Gasteiger charge is 2.37. The first kappa shape index (κ1) is 22.5. The van der Waals surface area contributed by atoms with E-state index in [0.29, 0.717) is 24.8 Å². The van der Waals surface area contributed by atoms with Gasteiger partial charge in [-0.2, -0.15) is 0 Å². The Labute approximate surface area is 186 Å². The van der Waals surface area contributed by atoms with E-state index in [1.54, 1.807) is 24.4 Å². The number of carbonyl (C=O) groups excluding carboxylic acids is 1. The number of aromatic nitrogens is 2. The van der Waals surface area contributed by atoms with Crippen molar-refractivity contribution < 1.29 is 22.0 Å². The van der Waals surface area contributed by atoms with E-state index in [-0.39, 0.29) is 34.4 Å². The normalized spacial score (nSPS) is 23.8. The third kappa shape index (κ3) is 4.87. The maximum Gasteiger partial charge on any atom is 0.257 e. The van der Waals surface area contributed by atoms with Crippen LogP contribution in [0.1, 0.15) is 43.9 Å². The number of nitrogens with zero attached hydrogens (tertiary/aromatic N) is 2. The second-order valence-electron chi connectivity index (χ2n) is 8.31. The largest absolute Gasteiger partial charge is 0.305 e. The van der Waals surface area contributed by atoms with Crippen LogP contribution in [0, 0.1) is 5.92 Å². The molecule has 3 atom stereocenters. The standard InChI is InChI=1S/C23H25F2N3O3S/c1-2-16-12-27-22(13-26-16)28-23(29)19(9-14-10-20(24)21(25)11-14)15-3-5-17(6-4-15)32(30,31)18-7-8-18/h3-6,9,12-14,18,20-21H,2,7-8,10-11H2,1H3,(H,27,28,29)/t14?,20-,21+. The first-order valence-corrected chi connectivity index (χ1v) is 12.3. The fourth-order valence-corrected chi connectivity index (χ4v) is 5.48. The molecule has 1 heterocycles. The molecule has 2 fully saturated rings. The summed E-state index contributed by atoms with van der Waals surface area (Å²) in [6, 6.07) is 6.07. The number of nitrogens with one attached hydrogen (secondary N) is 1. The van der Waals surface area contributed by atoms with Gasteiger partial charge in [0.25, 0.3) is 5.91 Å².